The highest BCUT2D eigenvalue weighted by Crippen LogP contribution is 2.48. The van der Waals surface area contributed by atoms with Crippen LogP contribution >= 0.6 is 23.4 Å². The second-order valence-electron chi connectivity index (χ2n) is 10.3. The highest BCUT2D eigenvalue weighted by atomic mass is 35.5. The summed E-state index contributed by atoms with van der Waals surface area (Å²) in [6.07, 6.45) is 1.53. The molecule has 0 fully saturated rings. The zero-order chi connectivity index (χ0) is 27.7. The molecule has 2 aromatic carbocycles. The molecule has 7 nitrogen and oxygen atoms in total. The van der Waals surface area contributed by atoms with E-state index in [1.54, 1.807) is 53.2 Å². The second kappa shape index (κ2) is 10.9. The standard InChI is InChI=1S/C29H28ClFN4O3S/c1-29(2,3)27-25-26(21-11-4-5-12-22(21)31)39-17-24(37)34(16-23(36)32-15-20-10-7-13-38-20)28(25)35(33-27)19-9-6-8-18(30)14-19/h4-14,26H,15-17H2,1-3H3,(H,32,36). The molecule has 202 valence electrons. The van der Waals surface area contributed by atoms with Crippen LogP contribution in [0, 0.1) is 5.82 Å². The monoisotopic (exact) mass is 566 g/mol. The zero-order valence-electron chi connectivity index (χ0n) is 21.8. The molecule has 1 aliphatic heterocycles. The van der Waals surface area contributed by atoms with Crippen LogP contribution in [0.4, 0.5) is 10.2 Å². The number of thioether (sulfide) groups is 1. The SMILES string of the molecule is CC(C)(C)c1nn(-c2cccc(Cl)c2)c2c1C(c1ccccc1F)SCC(=O)N2CC(=O)NCc1ccco1. The Morgan fingerprint density at radius 3 is 2.67 bits per heavy atom. The molecule has 1 N–H and O–H groups in total. The predicted molar refractivity (Wildman–Crippen MR) is 151 cm³/mol. The molecule has 5 rings (SSSR count). The summed E-state index contributed by atoms with van der Waals surface area (Å²) in [7, 11) is 0. The first kappa shape index (κ1) is 27.0. The van der Waals surface area contributed by atoms with Crippen molar-refractivity contribution in [3.05, 3.63) is 100 Å². The van der Waals surface area contributed by atoms with Crippen LogP contribution in [0.3, 0.4) is 0 Å². The van der Waals surface area contributed by atoms with E-state index < -0.39 is 10.7 Å². The number of aromatic nitrogens is 2. The van der Waals surface area contributed by atoms with Crippen molar-refractivity contribution in [1.82, 2.24) is 15.1 Å². The number of nitrogens with one attached hydrogen (secondary N) is 1. The third-order valence-corrected chi connectivity index (χ3v) is 7.85. The fourth-order valence-corrected chi connectivity index (χ4v) is 6.00. The van der Waals surface area contributed by atoms with Crippen molar-refractivity contribution in [2.45, 2.75) is 38.0 Å². The van der Waals surface area contributed by atoms with E-state index in [9.17, 15) is 9.59 Å². The van der Waals surface area contributed by atoms with Gasteiger partial charge in [-0.25, -0.2) is 9.07 Å². The van der Waals surface area contributed by atoms with E-state index in [0.717, 1.165) is 0 Å². The number of hydrogen-bond acceptors (Lipinski definition) is 5. The highest BCUT2D eigenvalue weighted by Gasteiger charge is 2.40. The topological polar surface area (TPSA) is 80.4 Å². The Morgan fingerprint density at radius 2 is 1.97 bits per heavy atom. The molecule has 2 aromatic heterocycles. The molecule has 0 saturated carbocycles. The van der Waals surface area contributed by atoms with Crippen LogP contribution in [0.25, 0.3) is 5.69 Å². The van der Waals surface area contributed by atoms with Crippen molar-refractivity contribution in [3.8, 4) is 5.69 Å². The number of carbonyl (C=O) groups is 2. The van der Waals surface area contributed by atoms with Crippen molar-refractivity contribution in [2.24, 2.45) is 0 Å². The lowest BCUT2D eigenvalue weighted by Crippen LogP contribution is -2.42. The van der Waals surface area contributed by atoms with Gasteiger partial charge in [-0.2, -0.15) is 5.10 Å². The molecule has 1 unspecified atom stereocenters. The maximum absolute atomic E-state index is 15.2. The molecule has 0 spiro atoms. The van der Waals surface area contributed by atoms with Gasteiger partial charge in [0.15, 0.2) is 0 Å². The average molecular weight is 567 g/mol. The third kappa shape index (κ3) is 5.60. The molecular formula is C29H28ClFN4O3S. The smallest absolute Gasteiger partial charge is 0.240 e. The van der Waals surface area contributed by atoms with Crippen LogP contribution in [-0.4, -0.2) is 33.9 Å². The minimum Gasteiger partial charge on any atom is -0.467 e. The van der Waals surface area contributed by atoms with Gasteiger partial charge >= 0.3 is 0 Å². The lowest BCUT2D eigenvalue weighted by molar-refractivity contribution is -0.123. The van der Waals surface area contributed by atoms with Crippen LogP contribution in [-0.2, 0) is 21.5 Å². The summed E-state index contributed by atoms with van der Waals surface area (Å²) in [5.74, 6) is 0.0682. The van der Waals surface area contributed by atoms with Crippen LogP contribution in [0.15, 0.2) is 71.3 Å². The molecular weight excluding hydrogens is 539 g/mol. The molecule has 1 atom stereocenters. The zero-order valence-corrected chi connectivity index (χ0v) is 23.4. The van der Waals surface area contributed by atoms with Gasteiger partial charge < -0.3 is 9.73 Å². The van der Waals surface area contributed by atoms with E-state index in [0.29, 0.717) is 39.1 Å². The molecule has 0 radical (unpaired) electrons. The Balaban J connectivity index is 1.69. The first-order chi connectivity index (χ1) is 18.6. The molecule has 2 amide bonds. The third-order valence-electron chi connectivity index (χ3n) is 6.38. The highest BCUT2D eigenvalue weighted by molar-refractivity contribution is 8.00. The molecule has 0 aliphatic carbocycles. The van der Waals surface area contributed by atoms with Crippen LogP contribution in [0.5, 0.6) is 0 Å². The summed E-state index contributed by atoms with van der Waals surface area (Å²) in [6, 6.07) is 17.2. The summed E-state index contributed by atoms with van der Waals surface area (Å²) < 4.78 is 22.2. The molecule has 1 aliphatic rings. The van der Waals surface area contributed by atoms with Gasteiger partial charge in [-0.3, -0.25) is 14.5 Å². The Bertz CT molecular complexity index is 1510. The molecule has 3 heterocycles. The maximum Gasteiger partial charge on any atom is 0.240 e. The molecule has 10 heteroatoms. The Kier molecular flexibility index (Phi) is 7.55. The minimum atomic E-state index is -0.525. The number of hydrogen-bond donors (Lipinski definition) is 1. The number of benzene rings is 2. The Morgan fingerprint density at radius 1 is 1.18 bits per heavy atom. The number of nitrogens with zero attached hydrogens (tertiary/aromatic N) is 3. The van der Waals surface area contributed by atoms with E-state index in [4.69, 9.17) is 21.1 Å². The van der Waals surface area contributed by atoms with Gasteiger partial charge in [-0.15, -0.1) is 11.8 Å². The first-order valence-corrected chi connectivity index (χ1v) is 13.9. The van der Waals surface area contributed by atoms with E-state index in [1.807, 2.05) is 26.8 Å². The number of amides is 2. The quantitative estimate of drug-likeness (QED) is 0.308. The Labute approximate surface area is 235 Å². The lowest BCUT2D eigenvalue weighted by Gasteiger charge is -2.24. The van der Waals surface area contributed by atoms with Crippen molar-refractivity contribution < 1.29 is 18.4 Å². The summed E-state index contributed by atoms with van der Waals surface area (Å²) >= 11 is 7.67. The van der Waals surface area contributed by atoms with E-state index in [2.05, 4.69) is 5.32 Å². The summed E-state index contributed by atoms with van der Waals surface area (Å²) in [5.41, 5.74) is 2.02. The van der Waals surface area contributed by atoms with E-state index in [1.165, 1.54) is 29.0 Å². The van der Waals surface area contributed by atoms with Gasteiger partial charge in [0.2, 0.25) is 11.8 Å². The number of halogens is 2. The Hall–Kier alpha value is -3.56. The number of anilines is 1. The minimum absolute atomic E-state index is 0.0538. The van der Waals surface area contributed by atoms with E-state index in [-0.39, 0.29) is 36.5 Å². The van der Waals surface area contributed by atoms with Gasteiger partial charge in [-0.1, -0.05) is 56.6 Å². The molecule has 39 heavy (non-hydrogen) atoms. The van der Waals surface area contributed by atoms with Crippen molar-refractivity contribution >= 4 is 41.0 Å². The van der Waals surface area contributed by atoms with Gasteiger partial charge in [0.1, 0.15) is 23.9 Å². The maximum atomic E-state index is 15.2. The first-order valence-electron chi connectivity index (χ1n) is 12.5. The normalized spacial score (nSPS) is 15.7. The lowest BCUT2D eigenvalue weighted by atomic mass is 9.87. The van der Waals surface area contributed by atoms with E-state index >= 15 is 4.39 Å². The number of carbonyl (C=O) groups excluding carboxylic acids is 2. The van der Waals surface area contributed by atoms with Gasteiger partial charge in [0, 0.05) is 21.6 Å². The largest absolute Gasteiger partial charge is 0.467 e. The fraction of sp³-hybridized carbons (Fsp3) is 0.276. The van der Waals surface area contributed by atoms with Gasteiger partial charge in [-0.05, 0) is 36.4 Å². The second-order valence-corrected chi connectivity index (χ2v) is 11.8. The summed E-state index contributed by atoms with van der Waals surface area (Å²) in [5, 5.41) is 7.77. The number of furan rings is 1. The average Bonchev–Trinajstić information content (AvgIpc) is 3.53. The molecule has 0 bridgehead atoms. The predicted octanol–water partition coefficient (Wildman–Crippen LogP) is 6.04. The number of fused-ring (bicyclic) bond motifs is 1. The van der Waals surface area contributed by atoms with Crippen molar-refractivity contribution in [3.63, 3.8) is 0 Å². The van der Waals surface area contributed by atoms with Crippen LogP contribution < -0.4 is 10.2 Å². The van der Waals surface area contributed by atoms with Gasteiger partial charge in [0.05, 0.1) is 35.2 Å². The van der Waals surface area contributed by atoms with Crippen molar-refractivity contribution in [2.75, 3.05) is 17.2 Å². The summed E-state index contributed by atoms with van der Waals surface area (Å²) in [6.45, 7) is 6.01. The van der Waals surface area contributed by atoms with Crippen LogP contribution in [0.1, 0.15) is 48.6 Å². The van der Waals surface area contributed by atoms with Crippen LogP contribution in [0.2, 0.25) is 5.02 Å². The molecule has 4 aromatic rings. The molecule has 0 saturated heterocycles. The fourth-order valence-electron chi connectivity index (χ4n) is 4.59. The summed E-state index contributed by atoms with van der Waals surface area (Å²) in [4.78, 5) is 28.2. The number of rotatable bonds is 6. The van der Waals surface area contributed by atoms with Gasteiger partial charge in [0.25, 0.3) is 0 Å². The van der Waals surface area contributed by atoms with Crippen molar-refractivity contribution in [1.29, 1.82) is 0 Å².